The summed E-state index contributed by atoms with van der Waals surface area (Å²) in [5, 5.41) is 13.0. The van der Waals surface area contributed by atoms with Crippen LogP contribution in [-0.4, -0.2) is 59.6 Å². The van der Waals surface area contributed by atoms with Gasteiger partial charge in [-0.05, 0) is 36.0 Å². The molecular formula is C19H26ClN3O3. The van der Waals surface area contributed by atoms with Gasteiger partial charge in [0.15, 0.2) is 0 Å². The number of urea groups is 1. The van der Waals surface area contributed by atoms with E-state index in [-0.39, 0.29) is 11.9 Å². The number of amides is 2. The number of piperidine rings is 1. The molecule has 2 atom stereocenters. The van der Waals surface area contributed by atoms with Crippen molar-refractivity contribution in [2.45, 2.75) is 26.3 Å². The number of nitrogens with zero attached hydrogens (tertiary/aromatic N) is 2. The molecule has 2 aliphatic rings. The third-order valence-corrected chi connectivity index (χ3v) is 5.64. The van der Waals surface area contributed by atoms with Crippen LogP contribution in [0, 0.1) is 11.8 Å². The first-order valence-corrected chi connectivity index (χ1v) is 9.56. The fraction of sp³-hybridized carbons (Fsp3) is 0.579. The Labute approximate surface area is 159 Å². The van der Waals surface area contributed by atoms with E-state index in [1.165, 1.54) is 11.1 Å². The maximum atomic E-state index is 12.4. The molecule has 0 bridgehead atoms. The van der Waals surface area contributed by atoms with Gasteiger partial charge < -0.3 is 15.3 Å². The van der Waals surface area contributed by atoms with Crippen molar-refractivity contribution < 1.29 is 14.7 Å². The number of carbonyl (C=O) groups is 2. The van der Waals surface area contributed by atoms with Gasteiger partial charge >= 0.3 is 12.0 Å². The van der Waals surface area contributed by atoms with E-state index in [4.69, 9.17) is 11.6 Å². The van der Waals surface area contributed by atoms with Crippen molar-refractivity contribution in [2.24, 2.45) is 11.8 Å². The first-order valence-electron chi connectivity index (χ1n) is 9.18. The third kappa shape index (κ3) is 4.48. The Kier molecular flexibility index (Phi) is 6.04. The normalized spacial score (nSPS) is 23.4. The van der Waals surface area contributed by atoms with E-state index in [1.54, 1.807) is 4.90 Å². The molecule has 0 saturated carbocycles. The molecule has 2 heterocycles. The van der Waals surface area contributed by atoms with Crippen LogP contribution < -0.4 is 5.32 Å². The lowest BCUT2D eigenvalue weighted by Gasteiger charge is -2.35. The van der Waals surface area contributed by atoms with E-state index in [0.717, 1.165) is 31.1 Å². The largest absolute Gasteiger partial charge is 0.481 e. The number of nitrogens with one attached hydrogen (secondary N) is 1. The van der Waals surface area contributed by atoms with Gasteiger partial charge in [-0.3, -0.25) is 9.69 Å². The first-order chi connectivity index (χ1) is 12.4. The minimum atomic E-state index is -0.819. The second kappa shape index (κ2) is 8.27. The van der Waals surface area contributed by atoms with Gasteiger partial charge in [-0.1, -0.05) is 30.7 Å². The molecule has 2 N–H and O–H groups in total. The number of rotatable bonds is 4. The van der Waals surface area contributed by atoms with Crippen LogP contribution >= 0.6 is 11.6 Å². The van der Waals surface area contributed by atoms with Crippen LogP contribution in [0.25, 0.3) is 0 Å². The molecule has 1 fully saturated rings. The molecule has 2 unspecified atom stereocenters. The molecule has 2 amide bonds. The molecular weight excluding hydrogens is 354 g/mol. The van der Waals surface area contributed by atoms with Crippen molar-refractivity contribution in [1.82, 2.24) is 15.1 Å². The highest BCUT2D eigenvalue weighted by molar-refractivity contribution is 6.31. The van der Waals surface area contributed by atoms with Gasteiger partial charge in [0.05, 0.1) is 5.92 Å². The van der Waals surface area contributed by atoms with Gasteiger partial charge in [0.2, 0.25) is 0 Å². The van der Waals surface area contributed by atoms with Crippen molar-refractivity contribution in [1.29, 1.82) is 0 Å². The number of hydrogen-bond donors (Lipinski definition) is 2. The zero-order chi connectivity index (χ0) is 18.7. The van der Waals surface area contributed by atoms with Crippen LogP contribution in [-0.2, 0) is 17.8 Å². The molecule has 2 aliphatic heterocycles. The zero-order valence-electron chi connectivity index (χ0n) is 15.1. The summed E-state index contributed by atoms with van der Waals surface area (Å²) < 4.78 is 0. The molecule has 0 spiro atoms. The average Bonchev–Trinajstić information content (AvgIpc) is 2.61. The minimum Gasteiger partial charge on any atom is -0.481 e. The van der Waals surface area contributed by atoms with E-state index in [1.807, 2.05) is 19.1 Å². The van der Waals surface area contributed by atoms with Crippen molar-refractivity contribution >= 4 is 23.6 Å². The fourth-order valence-electron chi connectivity index (χ4n) is 3.94. The van der Waals surface area contributed by atoms with Crippen LogP contribution in [0.15, 0.2) is 18.2 Å². The maximum Gasteiger partial charge on any atom is 0.317 e. The summed E-state index contributed by atoms with van der Waals surface area (Å²) in [6, 6.07) is 5.85. The van der Waals surface area contributed by atoms with Crippen molar-refractivity contribution in [3.05, 3.63) is 34.3 Å². The summed E-state index contributed by atoms with van der Waals surface area (Å²) in [6.07, 6.45) is 1.56. The monoisotopic (exact) mass is 379 g/mol. The highest BCUT2D eigenvalue weighted by Crippen LogP contribution is 2.25. The summed E-state index contributed by atoms with van der Waals surface area (Å²) in [4.78, 5) is 27.6. The lowest BCUT2D eigenvalue weighted by Crippen LogP contribution is -2.50. The van der Waals surface area contributed by atoms with Crippen LogP contribution in [0.2, 0.25) is 5.02 Å². The smallest absolute Gasteiger partial charge is 0.317 e. The summed E-state index contributed by atoms with van der Waals surface area (Å²) in [7, 11) is 0. The molecule has 0 aromatic heterocycles. The van der Waals surface area contributed by atoms with Gasteiger partial charge in [0.25, 0.3) is 0 Å². The lowest BCUT2D eigenvalue weighted by molar-refractivity contribution is -0.143. The molecule has 7 heteroatoms. The molecule has 142 valence electrons. The van der Waals surface area contributed by atoms with Crippen LogP contribution in [0.1, 0.15) is 24.5 Å². The number of aliphatic carboxylic acids is 1. The van der Waals surface area contributed by atoms with E-state index in [9.17, 15) is 14.7 Å². The van der Waals surface area contributed by atoms with E-state index in [0.29, 0.717) is 26.1 Å². The molecule has 26 heavy (non-hydrogen) atoms. The van der Waals surface area contributed by atoms with Gasteiger partial charge in [-0.15, -0.1) is 0 Å². The van der Waals surface area contributed by atoms with Crippen LogP contribution in [0.5, 0.6) is 0 Å². The number of carboxylic acid groups (broad SMARTS) is 1. The SMILES string of the molecule is CC1CC(C(=O)O)CN(C(=O)NCCN2CCc3c(Cl)cccc3C2)C1. The second-order valence-corrected chi connectivity index (χ2v) is 7.82. The third-order valence-electron chi connectivity index (χ3n) is 5.29. The number of fused-ring (bicyclic) bond motifs is 1. The summed E-state index contributed by atoms with van der Waals surface area (Å²) >= 11 is 6.24. The minimum absolute atomic E-state index is 0.164. The second-order valence-electron chi connectivity index (χ2n) is 7.42. The number of likely N-dealkylation sites (tertiary alicyclic amines) is 1. The number of halogens is 1. The van der Waals surface area contributed by atoms with Crippen LogP contribution in [0.3, 0.4) is 0 Å². The molecule has 1 aromatic carbocycles. The fourth-order valence-corrected chi connectivity index (χ4v) is 4.23. The number of benzene rings is 1. The summed E-state index contributed by atoms with van der Waals surface area (Å²) in [5.74, 6) is -1.08. The van der Waals surface area contributed by atoms with Gasteiger partial charge in [-0.2, -0.15) is 0 Å². The van der Waals surface area contributed by atoms with Crippen molar-refractivity contribution in [3.8, 4) is 0 Å². The molecule has 6 nitrogen and oxygen atoms in total. The Balaban J connectivity index is 1.46. The average molecular weight is 380 g/mol. The van der Waals surface area contributed by atoms with Gasteiger partial charge in [0.1, 0.15) is 0 Å². The predicted molar refractivity (Wildman–Crippen MR) is 100 cm³/mol. The van der Waals surface area contributed by atoms with E-state index in [2.05, 4.69) is 16.3 Å². The highest BCUT2D eigenvalue weighted by Gasteiger charge is 2.31. The Morgan fingerprint density at radius 3 is 2.92 bits per heavy atom. The molecule has 1 saturated heterocycles. The van der Waals surface area contributed by atoms with Crippen molar-refractivity contribution in [2.75, 3.05) is 32.7 Å². The van der Waals surface area contributed by atoms with E-state index >= 15 is 0 Å². The van der Waals surface area contributed by atoms with E-state index < -0.39 is 11.9 Å². The molecule has 0 radical (unpaired) electrons. The lowest BCUT2D eigenvalue weighted by atomic mass is 9.91. The van der Waals surface area contributed by atoms with Crippen LogP contribution in [0.4, 0.5) is 4.79 Å². The molecule has 1 aromatic rings. The summed E-state index contributed by atoms with van der Waals surface area (Å²) in [6.45, 7) is 5.99. The topological polar surface area (TPSA) is 72.9 Å². The summed E-state index contributed by atoms with van der Waals surface area (Å²) in [5.41, 5.74) is 2.49. The zero-order valence-corrected chi connectivity index (χ0v) is 15.8. The number of hydrogen-bond acceptors (Lipinski definition) is 3. The van der Waals surface area contributed by atoms with Crippen molar-refractivity contribution in [3.63, 3.8) is 0 Å². The predicted octanol–water partition coefficient (Wildman–Crippen LogP) is 2.45. The molecule has 0 aliphatic carbocycles. The standard InChI is InChI=1S/C19H26ClN3O3/c1-13-9-15(18(24)25)12-23(10-13)19(26)21-6-8-22-7-5-16-14(11-22)3-2-4-17(16)20/h2-4,13,15H,5-12H2,1H3,(H,21,26)(H,24,25). The maximum absolute atomic E-state index is 12.4. The Morgan fingerprint density at radius 1 is 1.35 bits per heavy atom. The Hall–Kier alpha value is -1.79. The number of carbonyl (C=O) groups excluding carboxylic acids is 1. The Morgan fingerprint density at radius 2 is 2.15 bits per heavy atom. The quantitative estimate of drug-likeness (QED) is 0.842. The van der Waals surface area contributed by atoms with Gasteiger partial charge in [-0.25, -0.2) is 4.79 Å². The van der Waals surface area contributed by atoms with Gasteiger partial charge in [0, 0.05) is 44.3 Å². The molecule has 3 rings (SSSR count). The first kappa shape index (κ1) is 19.0. The Bertz CT molecular complexity index is 682. The number of carboxylic acids is 1. The highest BCUT2D eigenvalue weighted by atomic mass is 35.5.